The Morgan fingerprint density at radius 2 is 2.00 bits per heavy atom. The molecule has 0 aliphatic rings. The van der Waals surface area contributed by atoms with Crippen LogP contribution in [-0.2, 0) is 6.42 Å². The molecule has 7 heteroatoms. The zero-order valence-corrected chi connectivity index (χ0v) is 16.6. The van der Waals surface area contributed by atoms with Gasteiger partial charge in [0.05, 0.1) is 15.1 Å². The first-order valence-corrected chi connectivity index (χ1v) is 10.8. The van der Waals surface area contributed by atoms with Crippen molar-refractivity contribution in [2.24, 2.45) is 0 Å². The number of nitrogens with one attached hydrogen (secondary N) is 3. The predicted molar refractivity (Wildman–Crippen MR) is 119 cm³/mol. The largest absolute Gasteiger partial charge is 0.361 e. The van der Waals surface area contributed by atoms with E-state index in [9.17, 15) is 4.79 Å². The van der Waals surface area contributed by atoms with Crippen LogP contribution >= 0.6 is 22.7 Å². The van der Waals surface area contributed by atoms with Gasteiger partial charge in [0.2, 0.25) is 0 Å². The normalized spacial score (nSPS) is 11.4. The van der Waals surface area contributed by atoms with Gasteiger partial charge < -0.3 is 15.3 Å². The zero-order valence-electron chi connectivity index (χ0n) is 15.0. The molecule has 0 aliphatic heterocycles. The fourth-order valence-corrected chi connectivity index (χ4v) is 5.01. The van der Waals surface area contributed by atoms with Crippen LogP contribution in [0.1, 0.15) is 12.0 Å². The van der Waals surface area contributed by atoms with Gasteiger partial charge in [-0.3, -0.25) is 4.79 Å². The Bertz CT molecular complexity index is 1310. The van der Waals surface area contributed by atoms with Crippen LogP contribution in [0.2, 0.25) is 0 Å². The molecule has 5 rings (SSSR count). The highest BCUT2D eigenvalue weighted by molar-refractivity contribution is 7.19. The van der Waals surface area contributed by atoms with E-state index in [0.29, 0.717) is 0 Å². The highest BCUT2D eigenvalue weighted by Crippen LogP contribution is 2.31. The van der Waals surface area contributed by atoms with E-state index in [1.807, 2.05) is 24.4 Å². The Morgan fingerprint density at radius 3 is 2.96 bits per heavy atom. The summed E-state index contributed by atoms with van der Waals surface area (Å²) in [5.41, 5.74) is 4.53. The maximum atomic E-state index is 11.5. The summed E-state index contributed by atoms with van der Waals surface area (Å²) in [5.74, 6) is 0. The van der Waals surface area contributed by atoms with Crippen molar-refractivity contribution in [1.82, 2.24) is 15.0 Å². The fourth-order valence-electron chi connectivity index (χ4n) is 3.40. The molecule has 5 nitrogen and oxygen atoms in total. The molecule has 0 radical (unpaired) electrons. The van der Waals surface area contributed by atoms with Crippen LogP contribution in [-0.4, -0.2) is 21.5 Å². The van der Waals surface area contributed by atoms with E-state index in [-0.39, 0.29) is 4.87 Å². The standard InChI is InChI=1S/C21H18N4OS2/c26-21-25-17-8-7-13(10-18(17)28-21)19-12-24-20(27-19)22-9-3-4-14-11-23-16-6-2-1-5-15(14)16/h1-2,5-8,10-12,23H,3-4,9H2,(H,22,24)(H,25,26). The summed E-state index contributed by atoms with van der Waals surface area (Å²) < 4.78 is 0.976. The van der Waals surface area contributed by atoms with Gasteiger partial charge in [0.1, 0.15) is 0 Å². The summed E-state index contributed by atoms with van der Waals surface area (Å²) in [7, 11) is 0. The third-order valence-electron chi connectivity index (χ3n) is 4.79. The topological polar surface area (TPSA) is 73.6 Å². The van der Waals surface area contributed by atoms with Gasteiger partial charge >= 0.3 is 4.87 Å². The molecule has 3 aromatic heterocycles. The van der Waals surface area contributed by atoms with Crippen molar-refractivity contribution in [2.45, 2.75) is 12.8 Å². The Hall–Kier alpha value is -2.90. The first-order valence-electron chi connectivity index (χ1n) is 9.14. The minimum Gasteiger partial charge on any atom is -0.361 e. The number of rotatable bonds is 6. The smallest absolute Gasteiger partial charge is 0.305 e. The number of hydrogen-bond donors (Lipinski definition) is 3. The monoisotopic (exact) mass is 406 g/mol. The summed E-state index contributed by atoms with van der Waals surface area (Å²) in [4.78, 5) is 23.2. The Labute approximate surface area is 169 Å². The third-order valence-corrected chi connectivity index (χ3v) is 6.63. The van der Waals surface area contributed by atoms with Crippen LogP contribution < -0.4 is 10.2 Å². The van der Waals surface area contributed by atoms with Crippen molar-refractivity contribution in [3.63, 3.8) is 0 Å². The second-order valence-electron chi connectivity index (χ2n) is 6.64. The molecule has 3 heterocycles. The quantitative estimate of drug-likeness (QED) is 0.338. The molecule has 140 valence electrons. The maximum absolute atomic E-state index is 11.5. The summed E-state index contributed by atoms with van der Waals surface area (Å²) in [5, 5.41) is 5.66. The van der Waals surface area contributed by atoms with Crippen molar-refractivity contribution >= 4 is 48.9 Å². The number of hydrogen-bond acceptors (Lipinski definition) is 5. The molecule has 0 spiro atoms. The fraction of sp³-hybridized carbons (Fsp3) is 0.143. The number of para-hydroxylation sites is 1. The predicted octanol–water partition coefficient (Wildman–Crippen LogP) is 5.24. The number of nitrogens with zero attached hydrogens (tertiary/aromatic N) is 1. The van der Waals surface area contributed by atoms with Crippen LogP contribution in [0.5, 0.6) is 0 Å². The number of aryl methyl sites for hydroxylation is 1. The Morgan fingerprint density at radius 1 is 1.07 bits per heavy atom. The molecule has 0 amide bonds. The molecule has 0 saturated heterocycles. The minimum atomic E-state index is -0.0194. The minimum absolute atomic E-state index is 0.0194. The Balaban J connectivity index is 1.22. The highest BCUT2D eigenvalue weighted by atomic mass is 32.1. The molecule has 0 bridgehead atoms. The SMILES string of the molecule is O=c1[nH]c2ccc(-c3cnc(NCCCc4c[nH]c5ccccc45)s3)cc2s1. The lowest BCUT2D eigenvalue weighted by Gasteiger charge is -2.02. The van der Waals surface area contributed by atoms with E-state index in [1.165, 1.54) is 27.8 Å². The summed E-state index contributed by atoms with van der Waals surface area (Å²) in [6.45, 7) is 0.880. The molecule has 0 atom stereocenters. The van der Waals surface area contributed by atoms with Crippen LogP contribution in [0.3, 0.4) is 0 Å². The molecule has 0 aliphatic carbocycles. The lowest BCUT2D eigenvalue weighted by molar-refractivity contribution is 0.867. The average Bonchev–Trinajstić information content (AvgIpc) is 3.42. The van der Waals surface area contributed by atoms with Crippen molar-refractivity contribution in [2.75, 3.05) is 11.9 Å². The van der Waals surface area contributed by atoms with Crippen LogP contribution in [0.15, 0.2) is 59.7 Å². The van der Waals surface area contributed by atoms with Crippen molar-refractivity contribution < 1.29 is 0 Å². The molecular weight excluding hydrogens is 388 g/mol. The van der Waals surface area contributed by atoms with Gasteiger partial charge in [0.15, 0.2) is 5.13 Å². The number of thiazole rings is 2. The third kappa shape index (κ3) is 3.34. The van der Waals surface area contributed by atoms with E-state index in [0.717, 1.165) is 45.2 Å². The van der Waals surface area contributed by atoms with Crippen molar-refractivity contribution in [3.8, 4) is 10.4 Å². The van der Waals surface area contributed by atoms with Crippen LogP contribution in [0, 0.1) is 0 Å². The first-order chi connectivity index (χ1) is 13.8. The van der Waals surface area contributed by atoms with Gasteiger partial charge in [0, 0.05) is 29.8 Å². The Kier molecular flexibility index (Phi) is 4.46. The number of aromatic amines is 2. The number of fused-ring (bicyclic) bond motifs is 2. The number of benzene rings is 2. The van der Waals surface area contributed by atoms with Crippen LogP contribution in [0.25, 0.3) is 31.6 Å². The molecular formula is C21H18N4OS2. The highest BCUT2D eigenvalue weighted by Gasteiger charge is 2.07. The lowest BCUT2D eigenvalue weighted by Crippen LogP contribution is -2.02. The summed E-state index contributed by atoms with van der Waals surface area (Å²) in [6, 6.07) is 14.4. The molecule has 2 aromatic carbocycles. The van der Waals surface area contributed by atoms with Gasteiger partial charge in [-0.1, -0.05) is 46.9 Å². The summed E-state index contributed by atoms with van der Waals surface area (Å²) >= 11 is 2.88. The molecule has 5 aromatic rings. The van der Waals surface area contributed by atoms with Crippen molar-refractivity contribution in [1.29, 1.82) is 0 Å². The van der Waals surface area contributed by atoms with Crippen LogP contribution in [0.4, 0.5) is 5.13 Å². The molecule has 3 N–H and O–H groups in total. The number of anilines is 1. The van der Waals surface area contributed by atoms with E-state index in [4.69, 9.17) is 0 Å². The molecule has 0 fully saturated rings. The van der Waals surface area contributed by atoms with Gasteiger partial charge in [0.25, 0.3) is 0 Å². The second-order valence-corrected chi connectivity index (χ2v) is 8.69. The zero-order chi connectivity index (χ0) is 18.9. The maximum Gasteiger partial charge on any atom is 0.305 e. The van der Waals surface area contributed by atoms with Gasteiger partial charge in [-0.05, 0) is 42.2 Å². The van der Waals surface area contributed by atoms with Crippen molar-refractivity contribution in [3.05, 3.63) is 70.1 Å². The van der Waals surface area contributed by atoms with Gasteiger partial charge in [-0.2, -0.15) is 0 Å². The first kappa shape index (κ1) is 17.2. The summed E-state index contributed by atoms with van der Waals surface area (Å²) in [6.07, 6.45) is 6.07. The van der Waals surface area contributed by atoms with Gasteiger partial charge in [-0.15, -0.1) is 0 Å². The lowest BCUT2D eigenvalue weighted by atomic mass is 10.1. The van der Waals surface area contributed by atoms with E-state index < -0.39 is 0 Å². The average molecular weight is 407 g/mol. The molecule has 0 saturated carbocycles. The van der Waals surface area contributed by atoms with E-state index in [2.05, 4.69) is 50.7 Å². The van der Waals surface area contributed by atoms with E-state index in [1.54, 1.807) is 11.3 Å². The molecule has 0 unspecified atom stereocenters. The second kappa shape index (κ2) is 7.26. The van der Waals surface area contributed by atoms with Gasteiger partial charge in [-0.25, -0.2) is 4.98 Å². The number of aromatic nitrogens is 3. The van der Waals surface area contributed by atoms with E-state index >= 15 is 0 Å². The molecule has 28 heavy (non-hydrogen) atoms. The number of H-pyrrole nitrogens is 2.